The Morgan fingerprint density at radius 1 is 1.47 bits per heavy atom. The molecule has 1 nitrogen and oxygen atoms in total. The Hall–Kier alpha value is -0.970. The van der Waals surface area contributed by atoms with E-state index in [1.54, 1.807) is 6.92 Å². The summed E-state index contributed by atoms with van der Waals surface area (Å²) in [5.41, 5.74) is 0.907. The van der Waals surface area contributed by atoms with Gasteiger partial charge in [0.1, 0.15) is 5.60 Å². The third-order valence-corrected chi connectivity index (χ3v) is 2.83. The number of hydrogen-bond acceptors (Lipinski definition) is 1. The van der Waals surface area contributed by atoms with E-state index in [1.165, 1.54) is 0 Å². The Morgan fingerprint density at radius 3 is 2.73 bits per heavy atom. The Bertz CT molecular complexity index is 410. The maximum Gasteiger partial charge on any atom is 0.122 e. The van der Waals surface area contributed by atoms with Crippen molar-refractivity contribution in [2.45, 2.75) is 32.8 Å². The van der Waals surface area contributed by atoms with E-state index in [0.717, 1.165) is 11.1 Å². The van der Waals surface area contributed by atoms with E-state index >= 15 is 0 Å². The van der Waals surface area contributed by atoms with Crippen LogP contribution in [0.4, 0.5) is 0 Å². The molecule has 80 valence electrons. The minimum atomic E-state index is -0.922. The Kier molecular flexibility index (Phi) is 3.79. The van der Waals surface area contributed by atoms with Crippen LogP contribution in [0.1, 0.15) is 31.4 Å². The van der Waals surface area contributed by atoms with E-state index in [1.807, 2.05) is 32.0 Å². The summed E-state index contributed by atoms with van der Waals surface area (Å²) >= 11 is 5.97. The van der Waals surface area contributed by atoms with Gasteiger partial charge < -0.3 is 5.11 Å². The van der Waals surface area contributed by atoms with Crippen molar-refractivity contribution < 1.29 is 5.11 Å². The van der Waals surface area contributed by atoms with Crippen LogP contribution in [0.2, 0.25) is 5.02 Å². The molecule has 0 fully saturated rings. The number of halogens is 1. The SMILES string of the molecule is CCC(C)(O)C#Cc1cccc(Cl)c1C. The molecule has 0 aliphatic rings. The van der Waals surface area contributed by atoms with Gasteiger partial charge in [0.05, 0.1) is 0 Å². The van der Waals surface area contributed by atoms with Crippen LogP contribution in [0, 0.1) is 18.8 Å². The van der Waals surface area contributed by atoms with Crippen molar-refractivity contribution in [3.63, 3.8) is 0 Å². The van der Waals surface area contributed by atoms with Crippen LogP contribution in [-0.4, -0.2) is 10.7 Å². The van der Waals surface area contributed by atoms with E-state index in [0.29, 0.717) is 11.4 Å². The van der Waals surface area contributed by atoms with Gasteiger partial charge in [0.15, 0.2) is 0 Å². The van der Waals surface area contributed by atoms with E-state index in [-0.39, 0.29) is 0 Å². The lowest BCUT2D eigenvalue weighted by molar-refractivity contribution is 0.118. The Labute approximate surface area is 96.1 Å². The van der Waals surface area contributed by atoms with E-state index in [9.17, 15) is 5.11 Å². The monoisotopic (exact) mass is 222 g/mol. The number of hydrogen-bond donors (Lipinski definition) is 1. The average Bonchev–Trinajstić information content (AvgIpc) is 2.20. The quantitative estimate of drug-likeness (QED) is 0.724. The molecular weight excluding hydrogens is 208 g/mol. The first kappa shape index (κ1) is 12.1. The molecule has 0 saturated heterocycles. The zero-order valence-electron chi connectivity index (χ0n) is 9.26. The highest BCUT2D eigenvalue weighted by Gasteiger charge is 2.12. The second-order valence-electron chi connectivity index (χ2n) is 3.79. The van der Waals surface area contributed by atoms with Gasteiger partial charge in [0.2, 0.25) is 0 Å². The van der Waals surface area contributed by atoms with Gasteiger partial charge in [-0.15, -0.1) is 0 Å². The molecule has 1 atom stereocenters. The van der Waals surface area contributed by atoms with Crippen LogP contribution >= 0.6 is 11.6 Å². The predicted molar refractivity (Wildman–Crippen MR) is 64.0 cm³/mol. The van der Waals surface area contributed by atoms with Crippen LogP contribution in [0.15, 0.2) is 18.2 Å². The molecule has 15 heavy (non-hydrogen) atoms. The van der Waals surface area contributed by atoms with Crippen LogP contribution in [0.25, 0.3) is 0 Å². The Balaban J connectivity index is 3.04. The zero-order valence-corrected chi connectivity index (χ0v) is 10.0. The summed E-state index contributed by atoms with van der Waals surface area (Å²) in [5, 5.41) is 10.4. The lowest BCUT2D eigenvalue weighted by atomic mass is 10.0. The number of rotatable bonds is 1. The fourth-order valence-electron chi connectivity index (χ4n) is 1.03. The maximum absolute atomic E-state index is 9.74. The molecule has 1 aromatic rings. The second kappa shape index (κ2) is 4.70. The van der Waals surface area contributed by atoms with Crippen LogP contribution in [0.5, 0.6) is 0 Å². The number of benzene rings is 1. The molecule has 0 radical (unpaired) electrons. The van der Waals surface area contributed by atoms with Gasteiger partial charge in [0, 0.05) is 10.6 Å². The first-order valence-corrected chi connectivity index (χ1v) is 5.35. The highest BCUT2D eigenvalue weighted by molar-refractivity contribution is 6.31. The minimum Gasteiger partial charge on any atom is -0.378 e. The summed E-state index contributed by atoms with van der Waals surface area (Å²) in [7, 11) is 0. The zero-order chi connectivity index (χ0) is 11.5. The summed E-state index contributed by atoms with van der Waals surface area (Å²) in [6, 6.07) is 5.60. The van der Waals surface area contributed by atoms with Gasteiger partial charge in [0.25, 0.3) is 0 Å². The molecule has 0 aliphatic carbocycles. The van der Waals surface area contributed by atoms with E-state index in [4.69, 9.17) is 11.6 Å². The van der Waals surface area contributed by atoms with Crippen molar-refractivity contribution in [1.82, 2.24) is 0 Å². The first-order valence-electron chi connectivity index (χ1n) is 4.97. The summed E-state index contributed by atoms with van der Waals surface area (Å²) in [6.45, 7) is 5.53. The van der Waals surface area contributed by atoms with E-state index < -0.39 is 5.60 Å². The van der Waals surface area contributed by atoms with Crippen molar-refractivity contribution in [2.24, 2.45) is 0 Å². The van der Waals surface area contributed by atoms with Gasteiger partial charge in [-0.05, 0) is 38.0 Å². The highest BCUT2D eigenvalue weighted by Crippen LogP contribution is 2.18. The minimum absolute atomic E-state index is 0.611. The smallest absolute Gasteiger partial charge is 0.122 e. The van der Waals surface area contributed by atoms with Crippen LogP contribution in [-0.2, 0) is 0 Å². The fourth-order valence-corrected chi connectivity index (χ4v) is 1.21. The van der Waals surface area contributed by atoms with Crippen molar-refractivity contribution in [1.29, 1.82) is 0 Å². The first-order chi connectivity index (χ1) is 6.96. The van der Waals surface area contributed by atoms with Crippen molar-refractivity contribution in [3.05, 3.63) is 34.3 Å². The molecule has 0 amide bonds. The summed E-state index contributed by atoms with van der Waals surface area (Å²) in [5.74, 6) is 5.80. The molecule has 1 unspecified atom stereocenters. The molecule has 0 spiro atoms. The molecule has 1 aromatic carbocycles. The second-order valence-corrected chi connectivity index (χ2v) is 4.20. The third kappa shape index (κ3) is 3.27. The summed E-state index contributed by atoms with van der Waals surface area (Å²) < 4.78 is 0. The largest absolute Gasteiger partial charge is 0.378 e. The molecule has 0 heterocycles. The molecule has 0 aromatic heterocycles. The summed E-state index contributed by atoms with van der Waals surface area (Å²) in [6.07, 6.45) is 0.611. The van der Waals surface area contributed by atoms with Crippen molar-refractivity contribution in [2.75, 3.05) is 0 Å². The third-order valence-electron chi connectivity index (χ3n) is 2.42. The predicted octanol–water partition coefficient (Wildman–Crippen LogP) is 3.16. The molecule has 0 aliphatic heterocycles. The molecule has 0 saturated carbocycles. The van der Waals surface area contributed by atoms with Gasteiger partial charge >= 0.3 is 0 Å². The maximum atomic E-state index is 9.74. The fraction of sp³-hybridized carbons (Fsp3) is 0.385. The van der Waals surface area contributed by atoms with Gasteiger partial charge in [-0.25, -0.2) is 0 Å². The molecule has 1 rings (SSSR count). The van der Waals surface area contributed by atoms with E-state index in [2.05, 4.69) is 11.8 Å². The van der Waals surface area contributed by atoms with Gasteiger partial charge in [-0.1, -0.05) is 36.4 Å². The normalized spacial score (nSPS) is 13.9. The van der Waals surface area contributed by atoms with Gasteiger partial charge in [-0.2, -0.15) is 0 Å². The molecule has 2 heteroatoms. The van der Waals surface area contributed by atoms with Gasteiger partial charge in [-0.3, -0.25) is 0 Å². The van der Waals surface area contributed by atoms with Crippen LogP contribution in [0.3, 0.4) is 0 Å². The standard InChI is InChI=1S/C13H15ClO/c1-4-13(3,15)9-8-11-6-5-7-12(14)10(11)2/h5-7,15H,4H2,1-3H3. The topological polar surface area (TPSA) is 20.2 Å². The number of aliphatic hydroxyl groups is 1. The summed E-state index contributed by atoms with van der Waals surface area (Å²) in [4.78, 5) is 0. The molecular formula is C13H15ClO. The Morgan fingerprint density at radius 2 is 2.13 bits per heavy atom. The van der Waals surface area contributed by atoms with Crippen molar-refractivity contribution >= 4 is 11.6 Å². The molecule has 1 N–H and O–H groups in total. The average molecular weight is 223 g/mol. The lowest BCUT2D eigenvalue weighted by Crippen LogP contribution is -2.19. The lowest BCUT2D eigenvalue weighted by Gasteiger charge is -2.12. The van der Waals surface area contributed by atoms with Crippen LogP contribution < -0.4 is 0 Å². The molecule has 0 bridgehead atoms. The highest BCUT2D eigenvalue weighted by atomic mass is 35.5. The van der Waals surface area contributed by atoms with Crippen molar-refractivity contribution in [3.8, 4) is 11.8 Å².